The maximum absolute atomic E-state index is 12.0. The third-order valence-electron chi connectivity index (χ3n) is 2.40. The molecule has 0 aliphatic heterocycles. The summed E-state index contributed by atoms with van der Waals surface area (Å²) >= 11 is 0. The third kappa shape index (κ3) is 3.13. The van der Waals surface area contributed by atoms with Crippen molar-refractivity contribution in [3.05, 3.63) is 23.3 Å². The molecule has 7 heteroatoms. The number of hydrogen-bond donors (Lipinski definition) is 2. The molecule has 0 radical (unpaired) electrons. The van der Waals surface area contributed by atoms with Crippen molar-refractivity contribution in [1.82, 2.24) is 4.72 Å². The summed E-state index contributed by atoms with van der Waals surface area (Å²) in [7, 11) is -3.99. The van der Waals surface area contributed by atoms with Crippen LogP contribution in [0.5, 0.6) is 0 Å². The van der Waals surface area contributed by atoms with E-state index in [2.05, 4.69) is 0 Å². The zero-order valence-corrected chi connectivity index (χ0v) is 10.3. The molecular formula is C10H14F2N2O2S. The molecule has 0 aliphatic rings. The van der Waals surface area contributed by atoms with Crippen LogP contribution in [0.25, 0.3) is 0 Å². The van der Waals surface area contributed by atoms with Gasteiger partial charge in [0.15, 0.2) is 0 Å². The van der Waals surface area contributed by atoms with Gasteiger partial charge in [-0.15, -0.1) is 0 Å². The highest BCUT2D eigenvalue weighted by Gasteiger charge is 2.22. The molecule has 0 bridgehead atoms. The molecule has 0 unspecified atom stereocenters. The van der Waals surface area contributed by atoms with Gasteiger partial charge < -0.3 is 5.73 Å². The molecular weight excluding hydrogens is 250 g/mol. The van der Waals surface area contributed by atoms with E-state index in [-0.39, 0.29) is 10.6 Å². The van der Waals surface area contributed by atoms with Crippen molar-refractivity contribution in [3.63, 3.8) is 0 Å². The Hall–Kier alpha value is -1.21. The first-order chi connectivity index (χ1) is 7.75. The molecule has 17 heavy (non-hydrogen) atoms. The Balaban J connectivity index is 3.19. The van der Waals surface area contributed by atoms with Gasteiger partial charge in [0.05, 0.1) is 12.2 Å². The fraction of sp³-hybridized carbons (Fsp3) is 0.400. The number of hydrogen-bond acceptors (Lipinski definition) is 3. The summed E-state index contributed by atoms with van der Waals surface area (Å²) in [6.07, 6.45) is -2.74. The van der Waals surface area contributed by atoms with Crippen molar-refractivity contribution in [1.29, 1.82) is 0 Å². The highest BCUT2D eigenvalue weighted by atomic mass is 32.2. The van der Waals surface area contributed by atoms with Crippen molar-refractivity contribution in [2.75, 3.05) is 12.3 Å². The van der Waals surface area contributed by atoms with Gasteiger partial charge in [0.2, 0.25) is 10.0 Å². The predicted octanol–water partition coefficient (Wildman–Crippen LogP) is 1.43. The van der Waals surface area contributed by atoms with E-state index in [1.54, 1.807) is 19.9 Å². The molecule has 0 aliphatic carbocycles. The van der Waals surface area contributed by atoms with Crippen LogP contribution in [0, 0.1) is 13.8 Å². The molecule has 4 nitrogen and oxygen atoms in total. The van der Waals surface area contributed by atoms with Crippen molar-refractivity contribution >= 4 is 15.7 Å². The topological polar surface area (TPSA) is 72.2 Å². The summed E-state index contributed by atoms with van der Waals surface area (Å²) in [6, 6.07) is 3.12. The summed E-state index contributed by atoms with van der Waals surface area (Å²) < 4.78 is 49.4. The number of anilines is 1. The average molecular weight is 264 g/mol. The minimum atomic E-state index is -3.99. The minimum Gasteiger partial charge on any atom is -0.398 e. The van der Waals surface area contributed by atoms with Crippen molar-refractivity contribution in [2.45, 2.75) is 25.2 Å². The zero-order chi connectivity index (χ0) is 13.2. The Labute approximate surface area is 98.9 Å². The first kappa shape index (κ1) is 13.9. The monoisotopic (exact) mass is 264 g/mol. The maximum Gasteiger partial charge on any atom is 0.251 e. The van der Waals surface area contributed by atoms with Crippen molar-refractivity contribution in [2.24, 2.45) is 0 Å². The van der Waals surface area contributed by atoms with Crippen LogP contribution < -0.4 is 10.5 Å². The molecule has 0 fully saturated rings. The highest BCUT2D eigenvalue weighted by Crippen LogP contribution is 2.24. The van der Waals surface area contributed by atoms with E-state index in [1.807, 2.05) is 4.72 Å². The van der Waals surface area contributed by atoms with E-state index < -0.39 is 23.0 Å². The Kier molecular flexibility index (Phi) is 4.05. The smallest absolute Gasteiger partial charge is 0.251 e. The lowest BCUT2D eigenvalue weighted by atomic mass is 10.1. The largest absolute Gasteiger partial charge is 0.398 e. The molecule has 0 aromatic heterocycles. The molecule has 3 N–H and O–H groups in total. The predicted molar refractivity (Wildman–Crippen MR) is 61.5 cm³/mol. The number of nitrogen functional groups attached to an aromatic ring is 1. The van der Waals surface area contributed by atoms with Gasteiger partial charge in [0.1, 0.15) is 4.90 Å². The Morgan fingerprint density at radius 1 is 1.35 bits per heavy atom. The highest BCUT2D eigenvalue weighted by molar-refractivity contribution is 7.89. The lowest BCUT2D eigenvalue weighted by Crippen LogP contribution is -2.30. The zero-order valence-electron chi connectivity index (χ0n) is 9.50. The minimum absolute atomic E-state index is 0.0508. The average Bonchev–Trinajstić information content (AvgIpc) is 2.21. The quantitative estimate of drug-likeness (QED) is 0.808. The van der Waals surface area contributed by atoms with Crippen LogP contribution in [0.15, 0.2) is 17.0 Å². The van der Waals surface area contributed by atoms with Crippen LogP contribution in [0.4, 0.5) is 14.5 Å². The number of aryl methyl sites for hydroxylation is 1. The molecule has 0 saturated heterocycles. The number of nitrogens with one attached hydrogen (secondary N) is 1. The van der Waals surface area contributed by atoms with E-state index in [4.69, 9.17) is 5.73 Å². The number of halogens is 2. The van der Waals surface area contributed by atoms with Gasteiger partial charge in [-0.1, -0.05) is 6.07 Å². The van der Waals surface area contributed by atoms with E-state index in [9.17, 15) is 17.2 Å². The van der Waals surface area contributed by atoms with Gasteiger partial charge >= 0.3 is 0 Å². The normalized spacial score (nSPS) is 12.1. The van der Waals surface area contributed by atoms with E-state index in [0.29, 0.717) is 5.56 Å². The van der Waals surface area contributed by atoms with Crippen LogP contribution in [-0.4, -0.2) is 21.4 Å². The van der Waals surface area contributed by atoms with Crippen LogP contribution in [-0.2, 0) is 10.0 Å². The van der Waals surface area contributed by atoms with Crippen LogP contribution in [0.2, 0.25) is 0 Å². The number of benzene rings is 1. The van der Waals surface area contributed by atoms with Crippen molar-refractivity contribution in [3.8, 4) is 0 Å². The second-order valence-electron chi connectivity index (χ2n) is 3.67. The first-order valence-corrected chi connectivity index (χ1v) is 6.37. The number of rotatable bonds is 4. The van der Waals surface area contributed by atoms with Gasteiger partial charge in [-0.3, -0.25) is 0 Å². The standard InChI is InChI=1S/C10H14F2N2O2S/c1-6-3-4-8(13)10(7(6)2)17(15,16)14-5-9(11)12/h3-4,9,14H,5,13H2,1-2H3. The Morgan fingerprint density at radius 2 is 1.94 bits per heavy atom. The molecule has 1 aromatic carbocycles. The fourth-order valence-corrected chi connectivity index (χ4v) is 2.84. The van der Waals surface area contributed by atoms with Gasteiger partial charge in [-0.25, -0.2) is 21.9 Å². The van der Waals surface area contributed by atoms with Gasteiger partial charge in [0.25, 0.3) is 6.43 Å². The van der Waals surface area contributed by atoms with Crippen LogP contribution in [0.1, 0.15) is 11.1 Å². The summed E-state index contributed by atoms with van der Waals surface area (Å²) in [4.78, 5) is -0.127. The third-order valence-corrected chi connectivity index (χ3v) is 4.03. The lowest BCUT2D eigenvalue weighted by molar-refractivity contribution is 0.153. The van der Waals surface area contributed by atoms with E-state index >= 15 is 0 Å². The van der Waals surface area contributed by atoms with E-state index in [1.165, 1.54) is 6.07 Å². The number of alkyl halides is 2. The SMILES string of the molecule is Cc1ccc(N)c(S(=O)(=O)NCC(F)F)c1C. The molecule has 1 rings (SSSR count). The fourth-order valence-electron chi connectivity index (χ4n) is 1.41. The number of sulfonamides is 1. The molecule has 0 heterocycles. The van der Waals surface area contributed by atoms with Gasteiger partial charge in [-0.2, -0.15) is 0 Å². The summed E-state index contributed by atoms with van der Waals surface area (Å²) in [5.74, 6) is 0. The summed E-state index contributed by atoms with van der Waals surface area (Å²) in [6.45, 7) is 2.39. The summed E-state index contributed by atoms with van der Waals surface area (Å²) in [5, 5.41) is 0. The number of nitrogens with two attached hydrogens (primary N) is 1. The molecule has 96 valence electrons. The maximum atomic E-state index is 12.0. The van der Waals surface area contributed by atoms with Gasteiger partial charge in [-0.05, 0) is 31.0 Å². The molecule has 0 amide bonds. The molecule has 0 saturated carbocycles. The molecule has 1 aromatic rings. The van der Waals surface area contributed by atoms with Crippen LogP contribution >= 0.6 is 0 Å². The second kappa shape index (κ2) is 4.97. The second-order valence-corrected chi connectivity index (χ2v) is 5.37. The molecule has 0 spiro atoms. The summed E-state index contributed by atoms with van der Waals surface area (Å²) in [5.41, 5.74) is 6.82. The molecule has 0 atom stereocenters. The Morgan fingerprint density at radius 3 is 2.47 bits per heavy atom. The Bertz CT molecular complexity index is 515. The van der Waals surface area contributed by atoms with Crippen LogP contribution in [0.3, 0.4) is 0 Å². The lowest BCUT2D eigenvalue weighted by Gasteiger charge is -2.13. The van der Waals surface area contributed by atoms with E-state index in [0.717, 1.165) is 5.56 Å². The van der Waals surface area contributed by atoms with Gasteiger partial charge in [0, 0.05) is 0 Å². The van der Waals surface area contributed by atoms with Crippen molar-refractivity contribution < 1.29 is 17.2 Å². The first-order valence-electron chi connectivity index (χ1n) is 4.89.